The van der Waals surface area contributed by atoms with Crippen molar-refractivity contribution in [3.63, 3.8) is 0 Å². The van der Waals surface area contributed by atoms with Gasteiger partial charge in [-0.3, -0.25) is 14.4 Å². The van der Waals surface area contributed by atoms with Crippen LogP contribution in [0.3, 0.4) is 0 Å². The highest BCUT2D eigenvalue weighted by atomic mass is 32.1. The summed E-state index contributed by atoms with van der Waals surface area (Å²) in [6.45, 7) is 4.75. The maximum atomic E-state index is 13.0. The SMILES string of the molecule is CC(C)CC(N)C(=O)NC(CCCCN)C(=O)NC(CCCCN)C(=O)NC(CS)C(=O)O. The average molecular weight is 491 g/mol. The Morgan fingerprint density at radius 2 is 1.21 bits per heavy atom. The molecule has 0 saturated heterocycles. The third-order valence-electron chi connectivity index (χ3n) is 5.02. The van der Waals surface area contributed by atoms with E-state index in [-0.39, 0.29) is 18.1 Å². The summed E-state index contributed by atoms with van der Waals surface area (Å²) < 4.78 is 0. The summed E-state index contributed by atoms with van der Waals surface area (Å²) in [5, 5.41) is 16.9. The zero-order chi connectivity index (χ0) is 25.4. The number of aliphatic carboxylic acids is 1. The van der Waals surface area contributed by atoms with Crippen LogP contribution in [0, 0.1) is 5.92 Å². The molecular formula is C21H42N6O5S. The highest BCUT2D eigenvalue weighted by molar-refractivity contribution is 7.80. The topological polar surface area (TPSA) is 203 Å². The predicted octanol–water partition coefficient (Wildman–Crippen LogP) is -0.913. The predicted molar refractivity (Wildman–Crippen MR) is 131 cm³/mol. The summed E-state index contributed by atoms with van der Waals surface area (Å²) in [5.41, 5.74) is 17.0. The molecule has 0 aliphatic carbocycles. The number of carboxylic acids is 1. The van der Waals surface area contributed by atoms with Crippen molar-refractivity contribution in [1.82, 2.24) is 16.0 Å². The van der Waals surface area contributed by atoms with Gasteiger partial charge in [0.05, 0.1) is 6.04 Å². The number of nitrogens with two attached hydrogens (primary N) is 3. The van der Waals surface area contributed by atoms with Crippen molar-refractivity contribution in [2.75, 3.05) is 18.8 Å². The molecule has 192 valence electrons. The Bertz CT molecular complexity index is 622. The third kappa shape index (κ3) is 13.4. The van der Waals surface area contributed by atoms with E-state index in [2.05, 4.69) is 28.6 Å². The van der Waals surface area contributed by atoms with E-state index in [1.807, 2.05) is 13.8 Å². The van der Waals surface area contributed by atoms with E-state index in [0.29, 0.717) is 51.6 Å². The second kappa shape index (κ2) is 17.6. The fourth-order valence-corrected chi connectivity index (χ4v) is 3.39. The van der Waals surface area contributed by atoms with Gasteiger partial charge in [-0.15, -0.1) is 0 Å². The van der Waals surface area contributed by atoms with Gasteiger partial charge >= 0.3 is 5.97 Å². The van der Waals surface area contributed by atoms with Gasteiger partial charge in [-0.1, -0.05) is 13.8 Å². The highest BCUT2D eigenvalue weighted by Crippen LogP contribution is 2.08. The van der Waals surface area contributed by atoms with Crippen LogP contribution in [0.1, 0.15) is 58.8 Å². The Morgan fingerprint density at radius 1 is 0.788 bits per heavy atom. The molecule has 4 unspecified atom stereocenters. The minimum Gasteiger partial charge on any atom is -0.480 e. The molecule has 33 heavy (non-hydrogen) atoms. The second-order valence-corrected chi connectivity index (χ2v) is 8.87. The molecular weight excluding hydrogens is 448 g/mol. The van der Waals surface area contributed by atoms with Gasteiger partial charge in [0.1, 0.15) is 18.1 Å². The standard InChI is InChI=1S/C21H42N6O5S/c1-13(2)11-14(24)18(28)25-15(7-3-5-9-22)19(29)26-16(8-4-6-10-23)20(30)27-17(12-33)21(31)32/h13-17,33H,3-12,22-24H2,1-2H3,(H,25,28)(H,26,29)(H,27,30)(H,31,32). The molecule has 12 heteroatoms. The summed E-state index contributed by atoms with van der Waals surface area (Å²) in [5.74, 6) is -2.73. The van der Waals surface area contributed by atoms with E-state index >= 15 is 0 Å². The number of nitrogens with one attached hydrogen (secondary N) is 3. The maximum Gasteiger partial charge on any atom is 0.327 e. The third-order valence-corrected chi connectivity index (χ3v) is 5.38. The lowest BCUT2D eigenvalue weighted by Crippen LogP contribution is -2.57. The summed E-state index contributed by atoms with van der Waals surface area (Å²) in [4.78, 5) is 49.5. The van der Waals surface area contributed by atoms with Gasteiger partial charge in [0.15, 0.2) is 0 Å². The van der Waals surface area contributed by atoms with E-state index in [1.54, 1.807) is 0 Å². The fourth-order valence-electron chi connectivity index (χ4n) is 3.15. The summed E-state index contributed by atoms with van der Waals surface area (Å²) in [6.07, 6.45) is 3.51. The largest absolute Gasteiger partial charge is 0.480 e. The summed E-state index contributed by atoms with van der Waals surface area (Å²) >= 11 is 3.95. The number of carbonyl (C=O) groups excluding carboxylic acids is 3. The van der Waals surface area contributed by atoms with Crippen molar-refractivity contribution >= 4 is 36.3 Å². The Balaban J connectivity index is 5.40. The van der Waals surface area contributed by atoms with Crippen molar-refractivity contribution in [1.29, 1.82) is 0 Å². The second-order valence-electron chi connectivity index (χ2n) is 8.51. The zero-order valence-corrected chi connectivity index (χ0v) is 20.6. The molecule has 3 amide bonds. The van der Waals surface area contributed by atoms with Crippen LogP contribution in [0.25, 0.3) is 0 Å². The molecule has 10 N–H and O–H groups in total. The van der Waals surface area contributed by atoms with Crippen LogP contribution >= 0.6 is 12.6 Å². The number of carboxylic acid groups (broad SMARTS) is 1. The molecule has 0 fully saturated rings. The van der Waals surface area contributed by atoms with Gasteiger partial charge < -0.3 is 38.3 Å². The maximum absolute atomic E-state index is 13.0. The smallest absolute Gasteiger partial charge is 0.327 e. The number of unbranched alkanes of at least 4 members (excludes halogenated alkanes) is 2. The van der Waals surface area contributed by atoms with Crippen LogP contribution in [0.5, 0.6) is 0 Å². The Morgan fingerprint density at radius 3 is 1.58 bits per heavy atom. The first-order valence-electron chi connectivity index (χ1n) is 11.5. The van der Waals surface area contributed by atoms with E-state index in [0.717, 1.165) is 0 Å². The first kappa shape index (κ1) is 31.1. The monoisotopic (exact) mass is 490 g/mol. The molecule has 0 radical (unpaired) electrons. The lowest BCUT2D eigenvalue weighted by molar-refractivity contribution is -0.141. The van der Waals surface area contributed by atoms with E-state index in [1.165, 1.54) is 0 Å². The fraction of sp³-hybridized carbons (Fsp3) is 0.810. The number of thiol groups is 1. The average Bonchev–Trinajstić information content (AvgIpc) is 2.75. The van der Waals surface area contributed by atoms with Crippen molar-refractivity contribution in [2.24, 2.45) is 23.1 Å². The molecule has 0 heterocycles. The van der Waals surface area contributed by atoms with Crippen LogP contribution in [0.4, 0.5) is 0 Å². The Hall–Kier alpha value is -1.89. The van der Waals surface area contributed by atoms with E-state index < -0.39 is 47.9 Å². The lowest BCUT2D eigenvalue weighted by atomic mass is 10.0. The number of carbonyl (C=O) groups is 4. The van der Waals surface area contributed by atoms with Gasteiger partial charge in [0.2, 0.25) is 17.7 Å². The van der Waals surface area contributed by atoms with Gasteiger partial charge in [-0.25, -0.2) is 4.79 Å². The zero-order valence-electron chi connectivity index (χ0n) is 19.7. The molecule has 0 spiro atoms. The van der Waals surface area contributed by atoms with Crippen molar-refractivity contribution < 1.29 is 24.3 Å². The van der Waals surface area contributed by atoms with E-state index in [9.17, 15) is 24.3 Å². The molecule has 0 aromatic carbocycles. The molecule has 0 bridgehead atoms. The Labute approximate surface area is 201 Å². The van der Waals surface area contributed by atoms with Gasteiger partial charge in [-0.05, 0) is 64.0 Å². The Kier molecular flexibility index (Phi) is 16.6. The van der Waals surface area contributed by atoms with Crippen LogP contribution < -0.4 is 33.2 Å². The molecule has 0 rings (SSSR count). The quantitative estimate of drug-likeness (QED) is 0.0890. The van der Waals surface area contributed by atoms with Crippen molar-refractivity contribution in [3.05, 3.63) is 0 Å². The number of amides is 3. The molecule has 11 nitrogen and oxygen atoms in total. The number of hydrogen-bond donors (Lipinski definition) is 8. The van der Waals surface area contributed by atoms with Crippen LogP contribution in [0.2, 0.25) is 0 Å². The normalized spacial score (nSPS) is 14.8. The van der Waals surface area contributed by atoms with Crippen LogP contribution in [0.15, 0.2) is 0 Å². The van der Waals surface area contributed by atoms with Gasteiger partial charge in [-0.2, -0.15) is 12.6 Å². The minimum absolute atomic E-state index is 0.101. The number of hydrogen-bond acceptors (Lipinski definition) is 8. The molecule has 0 aliphatic rings. The van der Waals surface area contributed by atoms with Crippen molar-refractivity contribution in [2.45, 2.75) is 83.0 Å². The first-order valence-corrected chi connectivity index (χ1v) is 12.1. The van der Waals surface area contributed by atoms with Crippen LogP contribution in [-0.4, -0.2) is 71.8 Å². The molecule has 0 aromatic heterocycles. The van der Waals surface area contributed by atoms with Crippen LogP contribution in [-0.2, 0) is 19.2 Å². The number of rotatable bonds is 18. The van der Waals surface area contributed by atoms with E-state index in [4.69, 9.17) is 17.2 Å². The minimum atomic E-state index is -1.23. The molecule has 0 aromatic rings. The molecule has 0 saturated carbocycles. The van der Waals surface area contributed by atoms with Gasteiger partial charge in [0.25, 0.3) is 0 Å². The lowest BCUT2D eigenvalue weighted by Gasteiger charge is -2.25. The molecule has 4 atom stereocenters. The van der Waals surface area contributed by atoms with Gasteiger partial charge in [0, 0.05) is 5.75 Å². The summed E-state index contributed by atoms with van der Waals surface area (Å²) in [6, 6.07) is -3.83. The first-order chi connectivity index (χ1) is 15.6. The summed E-state index contributed by atoms with van der Waals surface area (Å²) in [7, 11) is 0. The molecule has 0 aliphatic heterocycles. The van der Waals surface area contributed by atoms with Crippen molar-refractivity contribution in [3.8, 4) is 0 Å². The highest BCUT2D eigenvalue weighted by Gasteiger charge is 2.29.